The van der Waals surface area contributed by atoms with Crippen molar-refractivity contribution >= 4 is 11.3 Å². The maximum absolute atomic E-state index is 4.47. The van der Waals surface area contributed by atoms with Gasteiger partial charge in [-0.2, -0.15) is 0 Å². The van der Waals surface area contributed by atoms with E-state index in [2.05, 4.69) is 52.4 Å². The van der Waals surface area contributed by atoms with E-state index < -0.39 is 0 Å². The summed E-state index contributed by atoms with van der Waals surface area (Å²) in [6.45, 7) is 7.30. The van der Waals surface area contributed by atoms with Crippen molar-refractivity contribution in [3.63, 3.8) is 0 Å². The maximum Gasteiger partial charge on any atom is 0.0897 e. The molecule has 0 aliphatic carbocycles. The molecule has 0 aliphatic heterocycles. The van der Waals surface area contributed by atoms with Crippen molar-refractivity contribution in [1.29, 1.82) is 0 Å². The summed E-state index contributed by atoms with van der Waals surface area (Å²) in [5.74, 6) is 0. The zero-order valence-corrected chi connectivity index (χ0v) is 12.0. The molecule has 0 amide bonds. The van der Waals surface area contributed by atoms with E-state index in [4.69, 9.17) is 0 Å². The molecule has 0 saturated heterocycles. The molecule has 98 valence electrons. The van der Waals surface area contributed by atoms with E-state index in [1.54, 1.807) is 11.3 Å². The van der Waals surface area contributed by atoms with Crippen molar-refractivity contribution in [2.75, 3.05) is 6.54 Å². The number of nitrogens with one attached hydrogen (secondary N) is 1. The van der Waals surface area contributed by atoms with Gasteiger partial charge in [0.15, 0.2) is 0 Å². The Labute approximate surface area is 113 Å². The van der Waals surface area contributed by atoms with Gasteiger partial charge in [0.25, 0.3) is 0 Å². The van der Waals surface area contributed by atoms with E-state index in [0.717, 1.165) is 31.1 Å². The lowest BCUT2D eigenvalue weighted by atomic mass is 10.3. The number of aromatic nitrogens is 2. The Kier molecular flexibility index (Phi) is 4.96. The highest BCUT2D eigenvalue weighted by atomic mass is 32.1. The summed E-state index contributed by atoms with van der Waals surface area (Å²) < 4.78 is 2.32. The largest absolute Gasteiger partial charge is 0.350 e. The van der Waals surface area contributed by atoms with Gasteiger partial charge in [-0.3, -0.25) is 0 Å². The summed E-state index contributed by atoms with van der Waals surface area (Å²) in [6.07, 6.45) is 4.35. The molecule has 0 aromatic carbocycles. The normalized spacial score (nSPS) is 11.0. The minimum atomic E-state index is 0.941. The zero-order chi connectivity index (χ0) is 12.8. The van der Waals surface area contributed by atoms with E-state index in [-0.39, 0.29) is 0 Å². The minimum absolute atomic E-state index is 0.941. The smallest absolute Gasteiger partial charge is 0.0897 e. The number of hydrogen-bond donors (Lipinski definition) is 1. The molecule has 0 aliphatic rings. The molecule has 0 unspecified atom stereocenters. The Hall–Kier alpha value is -1.13. The van der Waals surface area contributed by atoms with Crippen LogP contribution >= 0.6 is 11.3 Å². The van der Waals surface area contributed by atoms with Crippen LogP contribution in [0.15, 0.2) is 23.7 Å². The molecule has 4 heteroatoms. The van der Waals surface area contributed by atoms with E-state index in [0.29, 0.717) is 0 Å². The Balaban J connectivity index is 1.73. The minimum Gasteiger partial charge on any atom is -0.350 e. The number of hydrogen-bond acceptors (Lipinski definition) is 3. The molecule has 0 saturated carbocycles. The van der Waals surface area contributed by atoms with Crippen LogP contribution in [0.25, 0.3) is 0 Å². The fourth-order valence-electron chi connectivity index (χ4n) is 2.02. The summed E-state index contributed by atoms with van der Waals surface area (Å²) >= 11 is 1.73. The van der Waals surface area contributed by atoms with E-state index in [1.165, 1.54) is 17.8 Å². The standard InChI is InChI=1S/C14H21N3S/c1-3-8-17-9-4-5-14(17)10-15-7-6-13-11-18-12(2)16-13/h4-5,9,11,15H,3,6-8,10H2,1-2H3. The van der Waals surface area contributed by atoms with Crippen LogP contribution in [0.2, 0.25) is 0 Å². The highest BCUT2D eigenvalue weighted by Gasteiger charge is 2.01. The summed E-state index contributed by atoms with van der Waals surface area (Å²) in [7, 11) is 0. The lowest BCUT2D eigenvalue weighted by Gasteiger charge is -2.08. The van der Waals surface area contributed by atoms with Gasteiger partial charge in [-0.05, 0) is 25.5 Å². The summed E-state index contributed by atoms with van der Waals surface area (Å²) in [5, 5.41) is 6.79. The molecule has 0 radical (unpaired) electrons. The van der Waals surface area contributed by atoms with Crippen molar-refractivity contribution in [3.8, 4) is 0 Å². The molecular formula is C14H21N3S. The average Bonchev–Trinajstić information content (AvgIpc) is 2.95. The van der Waals surface area contributed by atoms with Gasteiger partial charge in [0.2, 0.25) is 0 Å². The molecular weight excluding hydrogens is 242 g/mol. The quantitative estimate of drug-likeness (QED) is 0.778. The van der Waals surface area contributed by atoms with Gasteiger partial charge < -0.3 is 9.88 Å². The average molecular weight is 263 g/mol. The highest BCUT2D eigenvalue weighted by Crippen LogP contribution is 2.08. The summed E-state index contributed by atoms with van der Waals surface area (Å²) in [5.41, 5.74) is 2.57. The second-order valence-electron chi connectivity index (χ2n) is 4.48. The van der Waals surface area contributed by atoms with Crippen LogP contribution in [0.4, 0.5) is 0 Å². The number of rotatable bonds is 7. The van der Waals surface area contributed by atoms with Crippen molar-refractivity contribution in [2.24, 2.45) is 0 Å². The molecule has 2 rings (SSSR count). The van der Waals surface area contributed by atoms with Crippen LogP contribution in [-0.4, -0.2) is 16.1 Å². The SMILES string of the molecule is CCCn1cccc1CNCCc1csc(C)n1. The Bertz CT molecular complexity index is 473. The third kappa shape index (κ3) is 3.68. The second-order valence-corrected chi connectivity index (χ2v) is 5.54. The van der Waals surface area contributed by atoms with Crippen LogP contribution in [0.5, 0.6) is 0 Å². The van der Waals surface area contributed by atoms with E-state index in [1.807, 2.05) is 0 Å². The topological polar surface area (TPSA) is 29.9 Å². The number of thiazole rings is 1. The highest BCUT2D eigenvalue weighted by molar-refractivity contribution is 7.09. The van der Waals surface area contributed by atoms with Gasteiger partial charge in [-0.15, -0.1) is 11.3 Å². The fourth-order valence-corrected chi connectivity index (χ4v) is 2.67. The Morgan fingerprint density at radius 2 is 2.33 bits per heavy atom. The molecule has 18 heavy (non-hydrogen) atoms. The van der Waals surface area contributed by atoms with Crippen molar-refractivity contribution in [1.82, 2.24) is 14.9 Å². The van der Waals surface area contributed by atoms with E-state index in [9.17, 15) is 0 Å². The van der Waals surface area contributed by atoms with Crippen LogP contribution in [0.1, 0.15) is 29.7 Å². The van der Waals surface area contributed by atoms with Crippen molar-refractivity contribution < 1.29 is 0 Å². The molecule has 0 fully saturated rings. The van der Waals surface area contributed by atoms with Crippen molar-refractivity contribution in [2.45, 2.75) is 39.8 Å². The first-order valence-electron chi connectivity index (χ1n) is 6.55. The Morgan fingerprint density at radius 1 is 1.44 bits per heavy atom. The van der Waals surface area contributed by atoms with Crippen molar-refractivity contribution in [3.05, 3.63) is 40.1 Å². The molecule has 2 aromatic rings. The monoisotopic (exact) mass is 263 g/mol. The molecule has 2 aromatic heterocycles. The molecule has 0 bridgehead atoms. The van der Waals surface area contributed by atoms with Gasteiger partial charge >= 0.3 is 0 Å². The fraction of sp³-hybridized carbons (Fsp3) is 0.500. The number of nitrogens with zero attached hydrogens (tertiary/aromatic N) is 2. The predicted molar refractivity (Wildman–Crippen MR) is 77.0 cm³/mol. The van der Waals surface area contributed by atoms with E-state index >= 15 is 0 Å². The maximum atomic E-state index is 4.47. The zero-order valence-electron chi connectivity index (χ0n) is 11.1. The van der Waals surface area contributed by atoms with Crippen LogP contribution in [0.3, 0.4) is 0 Å². The van der Waals surface area contributed by atoms with Gasteiger partial charge in [0.05, 0.1) is 10.7 Å². The molecule has 3 nitrogen and oxygen atoms in total. The van der Waals surface area contributed by atoms with Gasteiger partial charge in [0, 0.05) is 43.3 Å². The lowest BCUT2D eigenvalue weighted by molar-refractivity contribution is 0.601. The van der Waals surface area contributed by atoms with Gasteiger partial charge in [-0.25, -0.2) is 4.98 Å². The first kappa shape index (κ1) is 13.3. The van der Waals surface area contributed by atoms with Gasteiger partial charge in [-0.1, -0.05) is 6.92 Å². The molecule has 0 spiro atoms. The molecule has 1 N–H and O–H groups in total. The third-order valence-electron chi connectivity index (χ3n) is 2.92. The third-order valence-corrected chi connectivity index (χ3v) is 3.74. The van der Waals surface area contributed by atoms with Crippen LogP contribution in [0, 0.1) is 6.92 Å². The molecule has 0 atom stereocenters. The first-order valence-corrected chi connectivity index (χ1v) is 7.43. The lowest BCUT2D eigenvalue weighted by Crippen LogP contribution is -2.19. The van der Waals surface area contributed by atoms with Crippen LogP contribution < -0.4 is 5.32 Å². The molecule has 2 heterocycles. The van der Waals surface area contributed by atoms with Crippen LogP contribution in [-0.2, 0) is 19.5 Å². The number of aryl methyl sites for hydroxylation is 2. The summed E-state index contributed by atoms with van der Waals surface area (Å²) in [6, 6.07) is 4.31. The second kappa shape index (κ2) is 6.71. The van der Waals surface area contributed by atoms with Gasteiger partial charge in [0.1, 0.15) is 0 Å². The Morgan fingerprint density at radius 3 is 3.06 bits per heavy atom. The predicted octanol–water partition coefficient (Wildman–Crippen LogP) is 3.00. The first-order chi connectivity index (χ1) is 8.79. The summed E-state index contributed by atoms with van der Waals surface area (Å²) in [4.78, 5) is 4.47.